The maximum Gasteiger partial charge on any atom is 0.244 e. The van der Waals surface area contributed by atoms with Gasteiger partial charge in [0, 0.05) is 18.2 Å². The van der Waals surface area contributed by atoms with Crippen LogP contribution in [0.3, 0.4) is 0 Å². The topological polar surface area (TPSA) is 47.6 Å². The number of unbranched alkanes of at least 4 members (excludes halogenated alkanes) is 1. The van der Waals surface area contributed by atoms with Crippen molar-refractivity contribution in [1.82, 2.24) is 5.32 Å². The summed E-state index contributed by atoms with van der Waals surface area (Å²) in [5.41, 5.74) is 0.819. The molecule has 0 spiro atoms. The molecule has 1 N–H and O–H groups in total. The summed E-state index contributed by atoms with van der Waals surface area (Å²) in [6.45, 7) is 5.09. The molecule has 1 amide bonds. The third-order valence-electron chi connectivity index (χ3n) is 3.96. The first kappa shape index (κ1) is 19.1. The Labute approximate surface area is 139 Å². The maximum atomic E-state index is 12.0. The number of ether oxygens (including phenoxy) is 2. The molecule has 1 aromatic carbocycles. The zero-order valence-corrected chi connectivity index (χ0v) is 14.7. The number of hydrogen-bond acceptors (Lipinski definition) is 3. The molecule has 1 aromatic rings. The van der Waals surface area contributed by atoms with Gasteiger partial charge in [0.05, 0.1) is 14.2 Å². The molecule has 0 saturated heterocycles. The van der Waals surface area contributed by atoms with Gasteiger partial charge in [-0.3, -0.25) is 4.79 Å². The summed E-state index contributed by atoms with van der Waals surface area (Å²) < 4.78 is 10.5. The fourth-order valence-electron chi connectivity index (χ4n) is 2.38. The van der Waals surface area contributed by atoms with Gasteiger partial charge in [-0.2, -0.15) is 0 Å². The Bertz CT molecular complexity index is 511. The molecule has 0 bridgehead atoms. The Morgan fingerprint density at radius 1 is 1.26 bits per heavy atom. The van der Waals surface area contributed by atoms with E-state index in [0.29, 0.717) is 11.7 Å². The van der Waals surface area contributed by atoms with Gasteiger partial charge in [0.1, 0.15) is 11.5 Å². The second-order valence-corrected chi connectivity index (χ2v) is 5.60. The highest BCUT2D eigenvalue weighted by atomic mass is 16.5. The monoisotopic (exact) mass is 319 g/mol. The summed E-state index contributed by atoms with van der Waals surface area (Å²) in [5, 5.41) is 2.98. The Morgan fingerprint density at radius 2 is 2.04 bits per heavy atom. The van der Waals surface area contributed by atoms with E-state index >= 15 is 0 Å². The first-order chi connectivity index (χ1) is 11.1. The van der Waals surface area contributed by atoms with Gasteiger partial charge in [-0.1, -0.05) is 33.1 Å². The largest absolute Gasteiger partial charge is 0.497 e. The van der Waals surface area contributed by atoms with Gasteiger partial charge in [-0.05, 0) is 36.6 Å². The van der Waals surface area contributed by atoms with E-state index in [1.807, 2.05) is 18.2 Å². The van der Waals surface area contributed by atoms with Gasteiger partial charge >= 0.3 is 0 Å². The average Bonchev–Trinajstić information content (AvgIpc) is 2.59. The molecular weight excluding hydrogens is 290 g/mol. The SMILES string of the molecule is CCCC[C@H](CC)CNC(=O)/C=C/c1cc(OC)ccc1OC. The van der Waals surface area contributed by atoms with Crippen LogP contribution in [0.4, 0.5) is 0 Å². The zero-order valence-electron chi connectivity index (χ0n) is 14.7. The molecule has 4 nitrogen and oxygen atoms in total. The predicted octanol–water partition coefficient (Wildman–Crippen LogP) is 4.05. The number of benzene rings is 1. The van der Waals surface area contributed by atoms with E-state index in [2.05, 4.69) is 19.2 Å². The van der Waals surface area contributed by atoms with Crippen LogP contribution in [0.25, 0.3) is 6.08 Å². The van der Waals surface area contributed by atoms with Gasteiger partial charge in [0.2, 0.25) is 5.91 Å². The number of carbonyl (C=O) groups is 1. The van der Waals surface area contributed by atoms with Crippen molar-refractivity contribution >= 4 is 12.0 Å². The standard InChI is InChI=1S/C19H29NO3/c1-5-7-8-15(6-2)14-20-19(21)12-9-16-13-17(22-3)10-11-18(16)23-4/h9-13,15H,5-8,14H2,1-4H3,(H,20,21)/b12-9+/t15-/m0/s1. The van der Waals surface area contributed by atoms with Crippen LogP contribution in [0.5, 0.6) is 11.5 Å². The second kappa shape index (κ2) is 10.7. The van der Waals surface area contributed by atoms with Crippen LogP contribution in [0.2, 0.25) is 0 Å². The Hall–Kier alpha value is -1.97. The van der Waals surface area contributed by atoms with Crippen LogP contribution in [-0.4, -0.2) is 26.7 Å². The van der Waals surface area contributed by atoms with Crippen molar-refractivity contribution in [3.63, 3.8) is 0 Å². The number of nitrogens with one attached hydrogen (secondary N) is 1. The average molecular weight is 319 g/mol. The molecule has 0 heterocycles. The Balaban J connectivity index is 2.60. The van der Waals surface area contributed by atoms with E-state index in [1.165, 1.54) is 19.3 Å². The van der Waals surface area contributed by atoms with Crippen molar-refractivity contribution in [2.75, 3.05) is 20.8 Å². The molecule has 1 rings (SSSR count). The molecule has 0 aliphatic carbocycles. The molecule has 0 unspecified atom stereocenters. The van der Waals surface area contributed by atoms with Gasteiger partial charge < -0.3 is 14.8 Å². The third kappa shape index (κ3) is 6.76. The highest BCUT2D eigenvalue weighted by Crippen LogP contribution is 2.25. The Kier molecular flexibility index (Phi) is 8.88. The summed E-state index contributed by atoms with van der Waals surface area (Å²) in [6.07, 6.45) is 7.97. The fraction of sp³-hybridized carbons (Fsp3) is 0.526. The van der Waals surface area contributed by atoms with Crippen LogP contribution in [0, 0.1) is 5.92 Å². The summed E-state index contributed by atoms with van der Waals surface area (Å²) in [7, 11) is 3.22. The van der Waals surface area contributed by atoms with Crippen molar-refractivity contribution in [2.45, 2.75) is 39.5 Å². The molecule has 1 atom stereocenters. The third-order valence-corrected chi connectivity index (χ3v) is 3.96. The lowest BCUT2D eigenvalue weighted by Gasteiger charge is -2.14. The van der Waals surface area contributed by atoms with Crippen molar-refractivity contribution < 1.29 is 14.3 Å². The smallest absolute Gasteiger partial charge is 0.244 e. The lowest BCUT2D eigenvalue weighted by molar-refractivity contribution is -0.116. The van der Waals surface area contributed by atoms with Gasteiger partial charge in [0.15, 0.2) is 0 Å². The minimum Gasteiger partial charge on any atom is -0.497 e. The number of carbonyl (C=O) groups excluding carboxylic acids is 1. The predicted molar refractivity (Wildman–Crippen MR) is 94.9 cm³/mol. The number of amides is 1. The molecule has 0 aromatic heterocycles. The first-order valence-electron chi connectivity index (χ1n) is 8.32. The van der Waals surface area contributed by atoms with Crippen molar-refractivity contribution in [3.05, 3.63) is 29.8 Å². The van der Waals surface area contributed by atoms with E-state index in [1.54, 1.807) is 26.4 Å². The van der Waals surface area contributed by atoms with Crippen LogP contribution in [0.15, 0.2) is 24.3 Å². The lowest BCUT2D eigenvalue weighted by atomic mass is 9.99. The minimum atomic E-state index is -0.0789. The second-order valence-electron chi connectivity index (χ2n) is 5.60. The maximum absolute atomic E-state index is 12.0. The molecule has 0 radical (unpaired) electrons. The molecule has 0 fully saturated rings. The van der Waals surface area contributed by atoms with Crippen LogP contribution in [-0.2, 0) is 4.79 Å². The van der Waals surface area contributed by atoms with Crippen LogP contribution >= 0.6 is 0 Å². The first-order valence-corrected chi connectivity index (χ1v) is 8.32. The van der Waals surface area contributed by atoms with Crippen molar-refractivity contribution in [2.24, 2.45) is 5.92 Å². The number of methoxy groups -OCH3 is 2. The fourth-order valence-corrected chi connectivity index (χ4v) is 2.38. The van der Waals surface area contributed by atoms with E-state index in [0.717, 1.165) is 24.3 Å². The van der Waals surface area contributed by atoms with Gasteiger partial charge in [-0.15, -0.1) is 0 Å². The quantitative estimate of drug-likeness (QED) is 0.662. The number of rotatable bonds is 10. The highest BCUT2D eigenvalue weighted by molar-refractivity contribution is 5.92. The van der Waals surface area contributed by atoms with Gasteiger partial charge in [0.25, 0.3) is 0 Å². The molecule has 4 heteroatoms. The summed E-state index contributed by atoms with van der Waals surface area (Å²) in [4.78, 5) is 12.0. The molecule has 0 aliphatic rings. The van der Waals surface area contributed by atoms with Crippen molar-refractivity contribution in [1.29, 1.82) is 0 Å². The van der Waals surface area contributed by atoms with E-state index < -0.39 is 0 Å². The van der Waals surface area contributed by atoms with Crippen LogP contribution in [0.1, 0.15) is 45.1 Å². The van der Waals surface area contributed by atoms with E-state index in [9.17, 15) is 4.79 Å². The van der Waals surface area contributed by atoms with Crippen molar-refractivity contribution in [3.8, 4) is 11.5 Å². The van der Waals surface area contributed by atoms with E-state index in [-0.39, 0.29) is 5.91 Å². The van der Waals surface area contributed by atoms with E-state index in [4.69, 9.17) is 9.47 Å². The molecular formula is C19H29NO3. The zero-order chi connectivity index (χ0) is 17.1. The molecule has 0 saturated carbocycles. The lowest BCUT2D eigenvalue weighted by Crippen LogP contribution is -2.27. The molecule has 23 heavy (non-hydrogen) atoms. The highest BCUT2D eigenvalue weighted by Gasteiger charge is 2.07. The summed E-state index contributed by atoms with van der Waals surface area (Å²) in [5.74, 6) is 1.92. The Morgan fingerprint density at radius 3 is 2.65 bits per heavy atom. The minimum absolute atomic E-state index is 0.0789. The van der Waals surface area contributed by atoms with Crippen LogP contribution < -0.4 is 14.8 Å². The van der Waals surface area contributed by atoms with Gasteiger partial charge in [-0.25, -0.2) is 0 Å². The molecule has 128 valence electrons. The number of hydrogen-bond donors (Lipinski definition) is 1. The summed E-state index contributed by atoms with van der Waals surface area (Å²) in [6, 6.07) is 5.50. The summed E-state index contributed by atoms with van der Waals surface area (Å²) >= 11 is 0. The molecule has 0 aliphatic heterocycles. The normalized spacial score (nSPS) is 12.2.